The number of aliphatic hydroxyl groups is 2. The number of carbonyl (C=O) groups excluding carboxylic acids is 2. The molecule has 0 aliphatic carbocycles. The molecule has 2 atom stereocenters. The molecule has 2 aromatic rings. The molecule has 2 rings (SSSR count). The first-order chi connectivity index (χ1) is 13.0. The maximum Gasteiger partial charge on any atom is 0.407 e. The molecule has 0 radical (unpaired) electrons. The number of nitrogens with one attached hydrogen (secondary N) is 1. The Morgan fingerprint density at radius 3 is 2.41 bits per heavy atom. The van der Waals surface area contributed by atoms with Gasteiger partial charge in [0.15, 0.2) is 0 Å². The number of ether oxygens (including phenoxy) is 2. The second kappa shape index (κ2) is 10.3. The van der Waals surface area contributed by atoms with Gasteiger partial charge in [-0.2, -0.15) is 0 Å². The minimum absolute atomic E-state index is 0.0248. The highest BCUT2D eigenvalue weighted by Gasteiger charge is 2.22. The first-order valence-corrected chi connectivity index (χ1v) is 8.46. The number of aliphatic hydroxyl groups excluding tert-OH is 2. The van der Waals surface area contributed by atoms with Gasteiger partial charge in [0.05, 0.1) is 13.5 Å². The molecule has 2 aromatic carbocycles. The van der Waals surface area contributed by atoms with Crippen LogP contribution in [0.5, 0.6) is 0 Å². The van der Waals surface area contributed by atoms with Gasteiger partial charge in [-0.05, 0) is 16.7 Å². The lowest BCUT2D eigenvalue weighted by Crippen LogP contribution is -2.36. The summed E-state index contributed by atoms with van der Waals surface area (Å²) >= 11 is 0. The SMILES string of the molecule is COC(=O)Cc1ccccc1C(O)C(O)CNC(=O)OCc1ccccc1. The number of carbonyl (C=O) groups is 2. The quantitative estimate of drug-likeness (QED) is 0.609. The van der Waals surface area contributed by atoms with Crippen molar-refractivity contribution in [2.24, 2.45) is 0 Å². The largest absolute Gasteiger partial charge is 0.469 e. The van der Waals surface area contributed by atoms with Crippen LogP contribution in [0.1, 0.15) is 22.8 Å². The van der Waals surface area contributed by atoms with Crippen molar-refractivity contribution in [1.29, 1.82) is 0 Å². The van der Waals surface area contributed by atoms with E-state index < -0.39 is 24.3 Å². The van der Waals surface area contributed by atoms with E-state index >= 15 is 0 Å². The van der Waals surface area contributed by atoms with Crippen molar-refractivity contribution in [2.75, 3.05) is 13.7 Å². The van der Waals surface area contributed by atoms with Gasteiger partial charge in [0, 0.05) is 6.54 Å². The number of hydrogen-bond donors (Lipinski definition) is 3. The van der Waals surface area contributed by atoms with Crippen LogP contribution >= 0.6 is 0 Å². The summed E-state index contributed by atoms with van der Waals surface area (Å²) in [5, 5.41) is 23.0. The summed E-state index contributed by atoms with van der Waals surface area (Å²) in [5.74, 6) is -0.452. The summed E-state index contributed by atoms with van der Waals surface area (Å²) < 4.78 is 9.69. The summed E-state index contributed by atoms with van der Waals surface area (Å²) in [7, 11) is 1.28. The monoisotopic (exact) mass is 373 g/mol. The lowest BCUT2D eigenvalue weighted by Gasteiger charge is -2.21. The number of hydrogen-bond acceptors (Lipinski definition) is 6. The molecule has 0 spiro atoms. The molecule has 0 fully saturated rings. The molecule has 0 bridgehead atoms. The molecule has 2 unspecified atom stereocenters. The van der Waals surface area contributed by atoms with E-state index in [0.717, 1.165) is 5.56 Å². The van der Waals surface area contributed by atoms with E-state index in [9.17, 15) is 19.8 Å². The van der Waals surface area contributed by atoms with Crippen molar-refractivity contribution in [3.05, 3.63) is 71.3 Å². The molecule has 1 amide bonds. The lowest BCUT2D eigenvalue weighted by molar-refractivity contribution is -0.139. The summed E-state index contributed by atoms with van der Waals surface area (Å²) in [6, 6.07) is 15.9. The van der Waals surface area contributed by atoms with E-state index in [0.29, 0.717) is 11.1 Å². The van der Waals surface area contributed by atoms with Crippen molar-refractivity contribution in [2.45, 2.75) is 25.2 Å². The molecule has 0 aliphatic heterocycles. The number of methoxy groups -OCH3 is 1. The van der Waals surface area contributed by atoms with Gasteiger partial charge < -0.3 is 25.0 Å². The Morgan fingerprint density at radius 2 is 1.70 bits per heavy atom. The third kappa shape index (κ3) is 6.40. The molecule has 144 valence electrons. The Labute approximate surface area is 157 Å². The van der Waals surface area contributed by atoms with Gasteiger partial charge >= 0.3 is 12.1 Å². The first-order valence-electron chi connectivity index (χ1n) is 8.46. The third-order valence-corrected chi connectivity index (χ3v) is 3.97. The second-order valence-corrected chi connectivity index (χ2v) is 5.91. The van der Waals surface area contributed by atoms with Gasteiger partial charge in [-0.15, -0.1) is 0 Å². The average Bonchev–Trinajstić information content (AvgIpc) is 2.71. The van der Waals surface area contributed by atoms with Crippen LogP contribution in [0.4, 0.5) is 4.79 Å². The van der Waals surface area contributed by atoms with Crippen molar-refractivity contribution in [3.8, 4) is 0 Å². The molecule has 27 heavy (non-hydrogen) atoms. The zero-order valence-electron chi connectivity index (χ0n) is 15.0. The zero-order valence-corrected chi connectivity index (χ0v) is 15.0. The summed E-state index contributed by atoms with van der Waals surface area (Å²) in [6.45, 7) is -0.103. The van der Waals surface area contributed by atoms with Gasteiger partial charge in [-0.3, -0.25) is 4.79 Å². The highest BCUT2D eigenvalue weighted by molar-refractivity contribution is 5.73. The minimum atomic E-state index is -1.28. The second-order valence-electron chi connectivity index (χ2n) is 5.91. The van der Waals surface area contributed by atoms with Gasteiger partial charge in [0.25, 0.3) is 0 Å². The Kier molecular flexibility index (Phi) is 7.79. The van der Waals surface area contributed by atoms with E-state index in [1.165, 1.54) is 7.11 Å². The van der Waals surface area contributed by atoms with Crippen LogP contribution in [0.2, 0.25) is 0 Å². The topological polar surface area (TPSA) is 105 Å². The molecule has 0 aliphatic rings. The van der Waals surface area contributed by atoms with Crippen molar-refractivity contribution < 1.29 is 29.3 Å². The van der Waals surface area contributed by atoms with Gasteiger partial charge in [-0.25, -0.2) is 4.79 Å². The van der Waals surface area contributed by atoms with E-state index in [-0.39, 0.29) is 19.6 Å². The van der Waals surface area contributed by atoms with Crippen molar-refractivity contribution >= 4 is 12.1 Å². The molecule has 0 aromatic heterocycles. The molecule has 7 heteroatoms. The average molecular weight is 373 g/mol. The summed E-state index contributed by atoms with van der Waals surface area (Å²) in [5.41, 5.74) is 1.78. The molecular formula is C20H23NO6. The predicted molar refractivity (Wildman–Crippen MR) is 97.8 cm³/mol. The van der Waals surface area contributed by atoms with Gasteiger partial charge in [0.2, 0.25) is 0 Å². The normalized spacial score (nSPS) is 12.7. The highest BCUT2D eigenvalue weighted by Crippen LogP contribution is 2.22. The zero-order chi connectivity index (χ0) is 19.6. The summed E-state index contributed by atoms with van der Waals surface area (Å²) in [6.07, 6.45) is -3.27. The van der Waals surface area contributed by atoms with Crippen LogP contribution in [0.3, 0.4) is 0 Å². The molecule has 0 saturated carbocycles. The minimum Gasteiger partial charge on any atom is -0.469 e. The number of benzene rings is 2. The molecule has 0 heterocycles. The number of alkyl carbamates (subject to hydrolysis) is 1. The molecule has 0 saturated heterocycles. The van der Waals surface area contributed by atoms with E-state index in [4.69, 9.17) is 4.74 Å². The van der Waals surface area contributed by atoms with Crippen molar-refractivity contribution in [1.82, 2.24) is 5.32 Å². The number of esters is 1. The van der Waals surface area contributed by atoms with E-state index in [2.05, 4.69) is 10.1 Å². The molecule has 3 N–H and O–H groups in total. The third-order valence-electron chi connectivity index (χ3n) is 3.97. The Hall–Kier alpha value is -2.90. The smallest absolute Gasteiger partial charge is 0.407 e. The maximum absolute atomic E-state index is 11.7. The van der Waals surface area contributed by atoms with E-state index in [1.807, 2.05) is 30.3 Å². The van der Waals surface area contributed by atoms with Gasteiger partial charge in [-0.1, -0.05) is 54.6 Å². The highest BCUT2D eigenvalue weighted by atomic mass is 16.5. The van der Waals surface area contributed by atoms with Crippen LogP contribution < -0.4 is 5.32 Å². The van der Waals surface area contributed by atoms with Crippen LogP contribution in [0, 0.1) is 0 Å². The first kappa shape index (κ1) is 20.4. The predicted octanol–water partition coefficient (Wildman–Crippen LogP) is 1.72. The lowest BCUT2D eigenvalue weighted by atomic mass is 9.96. The van der Waals surface area contributed by atoms with Gasteiger partial charge in [0.1, 0.15) is 18.8 Å². The van der Waals surface area contributed by atoms with Crippen LogP contribution in [0.25, 0.3) is 0 Å². The fraction of sp³-hybridized carbons (Fsp3) is 0.300. The Balaban J connectivity index is 1.87. The summed E-state index contributed by atoms with van der Waals surface area (Å²) in [4.78, 5) is 23.2. The van der Waals surface area contributed by atoms with Crippen LogP contribution in [-0.2, 0) is 27.3 Å². The van der Waals surface area contributed by atoms with Crippen LogP contribution in [-0.4, -0.2) is 42.0 Å². The van der Waals surface area contributed by atoms with E-state index in [1.54, 1.807) is 24.3 Å². The fourth-order valence-electron chi connectivity index (χ4n) is 2.49. The van der Waals surface area contributed by atoms with Crippen LogP contribution in [0.15, 0.2) is 54.6 Å². The Morgan fingerprint density at radius 1 is 1.04 bits per heavy atom. The molecular weight excluding hydrogens is 350 g/mol. The molecule has 7 nitrogen and oxygen atoms in total. The van der Waals surface area contributed by atoms with Crippen molar-refractivity contribution in [3.63, 3.8) is 0 Å². The Bertz CT molecular complexity index is 749. The standard InChI is InChI=1S/C20H23NO6/c1-26-18(23)11-15-9-5-6-10-16(15)19(24)17(22)12-21-20(25)27-13-14-7-3-2-4-8-14/h2-10,17,19,22,24H,11-13H2,1H3,(H,21,25). The fourth-order valence-corrected chi connectivity index (χ4v) is 2.49. The number of rotatable bonds is 8. The number of amides is 1. The maximum atomic E-state index is 11.7.